The molecule has 1 heterocycles. The highest BCUT2D eigenvalue weighted by molar-refractivity contribution is 7.99. The second-order valence-corrected chi connectivity index (χ2v) is 6.23. The molecule has 4 heteroatoms. The summed E-state index contributed by atoms with van der Waals surface area (Å²) in [5.74, 6) is 0.899. The second kappa shape index (κ2) is 7.88. The largest absolute Gasteiger partial charge is 0.330 e. The average Bonchev–Trinajstić information content (AvgIpc) is 2.43. The van der Waals surface area contributed by atoms with Crippen LogP contribution in [0.3, 0.4) is 0 Å². The smallest absolute Gasteiger partial charge is 0.123 e. The Balaban J connectivity index is 1.75. The molecule has 1 atom stereocenters. The van der Waals surface area contributed by atoms with Crippen molar-refractivity contribution in [2.24, 2.45) is 5.73 Å². The van der Waals surface area contributed by atoms with Gasteiger partial charge in [-0.15, -0.1) is 11.8 Å². The van der Waals surface area contributed by atoms with Gasteiger partial charge in [0.1, 0.15) is 5.82 Å². The van der Waals surface area contributed by atoms with Crippen LogP contribution >= 0.6 is 11.8 Å². The molecule has 0 bridgehead atoms. The fraction of sp³-hybridized carbons (Fsp3) is 0.600. The Morgan fingerprint density at radius 2 is 2.05 bits per heavy atom. The quantitative estimate of drug-likeness (QED) is 0.813. The van der Waals surface area contributed by atoms with Gasteiger partial charge in [0.15, 0.2) is 0 Å². The first-order valence-corrected chi connectivity index (χ1v) is 8.10. The number of hydrogen-bond acceptors (Lipinski definition) is 3. The van der Waals surface area contributed by atoms with Crippen molar-refractivity contribution in [1.29, 1.82) is 0 Å². The molecule has 0 radical (unpaired) electrons. The topological polar surface area (TPSA) is 29.3 Å². The fourth-order valence-corrected chi connectivity index (χ4v) is 3.58. The number of benzene rings is 1. The van der Waals surface area contributed by atoms with Crippen LogP contribution in [0.1, 0.15) is 25.7 Å². The van der Waals surface area contributed by atoms with E-state index >= 15 is 0 Å². The molecule has 1 aliphatic heterocycles. The van der Waals surface area contributed by atoms with Crippen molar-refractivity contribution in [2.75, 3.05) is 25.4 Å². The van der Waals surface area contributed by atoms with Crippen molar-refractivity contribution in [2.45, 2.75) is 36.6 Å². The maximum Gasteiger partial charge on any atom is 0.123 e. The van der Waals surface area contributed by atoms with Gasteiger partial charge in [0.25, 0.3) is 0 Å². The van der Waals surface area contributed by atoms with E-state index in [1.807, 2.05) is 12.1 Å². The monoisotopic (exact) mass is 282 g/mol. The molecule has 0 saturated carbocycles. The molecule has 19 heavy (non-hydrogen) atoms. The number of hydrogen-bond donors (Lipinski definition) is 1. The van der Waals surface area contributed by atoms with Crippen molar-refractivity contribution in [1.82, 2.24) is 4.90 Å². The summed E-state index contributed by atoms with van der Waals surface area (Å²) >= 11 is 1.80. The Labute approximate surface area is 119 Å². The Morgan fingerprint density at radius 3 is 2.79 bits per heavy atom. The number of rotatable bonds is 6. The average molecular weight is 282 g/mol. The van der Waals surface area contributed by atoms with Gasteiger partial charge in [-0.3, -0.25) is 4.90 Å². The Bertz CT molecular complexity index is 367. The Morgan fingerprint density at radius 1 is 1.26 bits per heavy atom. The Kier molecular flexibility index (Phi) is 6.14. The van der Waals surface area contributed by atoms with Gasteiger partial charge in [-0.05, 0) is 56.6 Å². The highest BCUT2D eigenvalue weighted by atomic mass is 32.2. The minimum atomic E-state index is -0.164. The van der Waals surface area contributed by atoms with Crippen LogP contribution in [0.15, 0.2) is 29.2 Å². The highest BCUT2D eigenvalue weighted by Crippen LogP contribution is 2.22. The number of thioether (sulfide) groups is 1. The highest BCUT2D eigenvalue weighted by Gasteiger charge is 2.20. The number of nitrogens with zero attached hydrogens (tertiary/aromatic N) is 1. The molecule has 2 rings (SSSR count). The maximum absolute atomic E-state index is 12.8. The summed E-state index contributed by atoms with van der Waals surface area (Å²) in [6, 6.07) is 7.44. The molecule has 0 amide bonds. The van der Waals surface area contributed by atoms with Crippen LogP contribution < -0.4 is 5.73 Å². The van der Waals surface area contributed by atoms with E-state index in [2.05, 4.69) is 4.90 Å². The molecule has 0 aliphatic carbocycles. The van der Waals surface area contributed by atoms with Crippen molar-refractivity contribution in [3.05, 3.63) is 30.1 Å². The zero-order valence-electron chi connectivity index (χ0n) is 11.4. The fourth-order valence-electron chi connectivity index (χ4n) is 2.69. The van der Waals surface area contributed by atoms with Gasteiger partial charge in [0.05, 0.1) is 0 Å². The van der Waals surface area contributed by atoms with E-state index in [4.69, 9.17) is 5.73 Å². The number of piperidine rings is 1. The third-order valence-corrected chi connectivity index (χ3v) is 4.70. The molecule has 2 N–H and O–H groups in total. The summed E-state index contributed by atoms with van der Waals surface area (Å²) in [7, 11) is 0. The third-order valence-electron chi connectivity index (χ3n) is 3.71. The molecule has 1 unspecified atom stereocenters. The lowest BCUT2D eigenvalue weighted by Crippen LogP contribution is -2.41. The summed E-state index contributed by atoms with van der Waals surface area (Å²) in [5.41, 5.74) is 5.69. The molecular weight excluding hydrogens is 259 g/mol. The van der Waals surface area contributed by atoms with Gasteiger partial charge in [0, 0.05) is 23.2 Å². The van der Waals surface area contributed by atoms with E-state index in [0.29, 0.717) is 6.04 Å². The van der Waals surface area contributed by atoms with E-state index in [1.54, 1.807) is 11.8 Å². The molecule has 1 aromatic rings. The number of likely N-dealkylation sites (tertiary alicyclic amines) is 1. The number of nitrogens with two attached hydrogens (primary N) is 1. The first kappa shape index (κ1) is 14.8. The summed E-state index contributed by atoms with van der Waals surface area (Å²) in [6.07, 6.45) is 5.05. The van der Waals surface area contributed by atoms with E-state index in [9.17, 15) is 4.39 Å². The van der Waals surface area contributed by atoms with Crippen LogP contribution in [0.4, 0.5) is 4.39 Å². The molecule has 0 spiro atoms. The number of halogens is 1. The van der Waals surface area contributed by atoms with Crippen molar-refractivity contribution in [3.8, 4) is 0 Å². The predicted octanol–water partition coefficient (Wildman–Crippen LogP) is 3.12. The first-order valence-electron chi connectivity index (χ1n) is 7.12. The van der Waals surface area contributed by atoms with E-state index in [1.165, 1.54) is 37.9 Å². The predicted molar refractivity (Wildman–Crippen MR) is 80.0 cm³/mol. The van der Waals surface area contributed by atoms with Crippen LogP contribution in [-0.4, -0.2) is 36.3 Å². The molecule has 1 aromatic carbocycles. The second-order valence-electron chi connectivity index (χ2n) is 5.07. The minimum Gasteiger partial charge on any atom is -0.330 e. The maximum atomic E-state index is 12.8. The summed E-state index contributed by atoms with van der Waals surface area (Å²) in [4.78, 5) is 3.72. The first-order chi connectivity index (χ1) is 9.29. The Hall–Kier alpha value is -0.580. The van der Waals surface area contributed by atoms with Crippen molar-refractivity contribution in [3.63, 3.8) is 0 Å². The van der Waals surface area contributed by atoms with E-state index in [-0.39, 0.29) is 5.82 Å². The van der Waals surface area contributed by atoms with Gasteiger partial charge in [-0.1, -0.05) is 6.42 Å². The molecule has 1 saturated heterocycles. The standard InChI is InChI=1S/C15H23FN2S/c16-13-4-6-15(7-5-13)19-12-11-18-10-2-1-3-14(18)8-9-17/h4-7,14H,1-3,8-12,17H2. The molecule has 2 nitrogen and oxygen atoms in total. The van der Waals surface area contributed by atoms with Gasteiger partial charge in [0.2, 0.25) is 0 Å². The molecule has 1 fully saturated rings. The van der Waals surface area contributed by atoms with Crippen LogP contribution in [-0.2, 0) is 0 Å². The minimum absolute atomic E-state index is 0.164. The third kappa shape index (κ3) is 4.79. The van der Waals surface area contributed by atoms with Gasteiger partial charge in [-0.2, -0.15) is 0 Å². The van der Waals surface area contributed by atoms with Crippen LogP contribution in [0.5, 0.6) is 0 Å². The van der Waals surface area contributed by atoms with Crippen molar-refractivity contribution < 1.29 is 4.39 Å². The zero-order valence-corrected chi connectivity index (χ0v) is 12.2. The lowest BCUT2D eigenvalue weighted by atomic mass is 9.99. The van der Waals surface area contributed by atoms with E-state index in [0.717, 1.165) is 30.2 Å². The van der Waals surface area contributed by atoms with Crippen LogP contribution in [0, 0.1) is 5.82 Å². The summed E-state index contributed by atoms with van der Waals surface area (Å²) in [5, 5.41) is 0. The van der Waals surface area contributed by atoms with Crippen LogP contribution in [0.2, 0.25) is 0 Å². The summed E-state index contributed by atoms with van der Waals surface area (Å²) in [6.45, 7) is 3.09. The molecular formula is C15H23FN2S. The lowest BCUT2D eigenvalue weighted by molar-refractivity contribution is 0.151. The SMILES string of the molecule is NCCC1CCCCN1CCSc1ccc(F)cc1. The van der Waals surface area contributed by atoms with Gasteiger partial charge in [-0.25, -0.2) is 4.39 Å². The van der Waals surface area contributed by atoms with Gasteiger partial charge < -0.3 is 5.73 Å². The van der Waals surface area contributed by atoms with Crippen LogP contribution in [0.25, 0.3) is 0 Å². The molecule has 0 aromatic heterocycles. The van der Waals surface area contributed by atoms with Gasteiger partial charge >= 0.3 is 0 Å². The normalized spacial score (nSPS) is 20.6. The zero-order chi connectivity index (χ0) is 13.5. The molecule has 1 aliphatic rings. The lowest BCUT2D eigenvalue weighted by Gasteiger charge is -2.35. The van der Waals surface area contributed by atoms with E-state index < -0.39 is 0 Å². The van der Waals surface area contributed by atoms with Crippen molar-refractivity contribution >= 4 is 11.8 Å². The summed E-state index contributed by atoms with van der Waals surface area (Å²) < 4.78 is 12.8. The molecule has 106 valence electrons.